The first-order chi connectivity index (χ1) is 12.3. The Morgan fingerprint density at radius 3 is 2.74 bits per heavy atom. The Morgan fingerprint density at radius 2 is 2.07 bits per heavy atom. The highest BCUT2D eigenvalue weighted by atomic mass is 35.5. The number of carbonyl (C=O) groups is 1. The number of nitrogens with zero attached hydrogens (tertiary/aromatic N) is 2. The second-order valence-corrected chi connectivity index (χ2v) is 8.03. The Labute approximate surface area is 167 Å². The molecule has 27 heavy (non-hydrogen) atoms. The van der Waals surface area contributed by atoms with Crippen LogP contribution in [0.25, 0.3) is 10.9 Å². The van der Waals surface area contributed by atoms with Crippen molar-refractivity contribution in [3.05, 3.63) is 30.0 Å². The van der Waals surface area contributed by atoms with Crippen LogP contribution in [0.4, 0.5) is 11.4 Å². The summed E-state index contributed by atoms with van der Waals surface area (Å²) >= 11 is 0. The molecule has 2 heterocycles. The Hall–Kier alpha value is -1.85. The van der Waals surface area contributed by atoms with Crippen molar-refractivity contribution >= 4 is 40.6 Å². The molecule has 1 saturated heterocycles. The van der Waals surface area contributed by atoms with Gasteiger partial charge in [-0.05, 0) is 44.5 Å². The summed E-state index contributed by atoms with van der Waals surface area (Å²) in [7, 11) is 0. The van der Waals surface area contributed by atoms with E-state index in [9.17, 15) is 4.79 Å². The third kappa shape index (κ3) is 4.90. The first kappa shape index (κ1) is 21.5. The fraction of sp³-hybridized carbons (Fsp3) is 0.524. The number of pyridine rings is 1. The lowest BCUT2D eigenvalue weighted by atomic mass is 9.95. The van der Waals surface area contributed by atoms with E-state index in [2.05, 4.69) is 27.3 Å². The van der Waals surface area contributed by atoms with Crippen LogP contribution in [0.2, 0.25) is 0 Å². The monoisotopic (exact) mass is 391 g/mol. The average molecular weight is 392 g/mol. The minimum absolute atomic E-state index is 0. The summed E-state index contributed by atoms with van der Waals surface area (Å²) in [4.78, 5) is 19.3. The summed E-state index contributed by atoms with van der Waals surface area (Å²) in [5, 5.41) is 4.11. The number of hydrogen-bond acceptors (Lipinski definition) is 4. The minimum atomic E-state index is -0.427. The van der Waals surface area contributed by atoms with E-state index in [0.717, 1.165) is 48.4 Å². The quantitative estimate of drug-likeness (QED) is 0.829. The number of benzene rings is 1. The number of anilines is 2. The van der Waals surface area contributed by atoms with Gasteiger partial charge in [-0.15, -0.1) is 12.4 Å². The predicted molar refractivity (Wildman–Crippen MR) is 114 cm³/mol. The summed E-state index contributed by atoms with van der Waals surface area (Å²) < 4.78 is 5.79. The zero-order valence-electron chi connectivity index (χ0n) is 16.8. The summed E-state index contributed by atoms with van der Waals surface area (Å²) in [5.74, 6) is 0.00354. The molecule has 0 saturated carbocycles. The molecule has 1 unspecified atom stereocenters. The number of carbonyl (C=O) groups excluding carboxylic acids is 1. The van der Waals surface area contributed by atoms with Crippen molar-refractivity contribution in [1.82, 2.24) is 4.98 Å². The summed E-state index contributed by atoms with van der Waals surface area (Å²) in [6.07, 6.45) is 1.35. The highest BCUT2D eigenvalue weighted by Gasteiger charge is 2.25. The first-order valence-electron chi connectivity index (χ1n) is 9.37. The maximum atomic E-state index is 12.3. The SMILES string of the molecule is CCOC1CCN(c2cc(C)nc3cc(NC(=O)C(C)(C)C)ccc23)C1.Cl. The normalized spacial score (nSPS) is 17.1. The van der Waals surface area contributed by atoms with Crippen LogP contribution in [0.1, 0.15) is 39.8 Å². The van der Waals surface area contributed by atoms with E-state index < -0.39 is 5.41 Å². The molecule has 1 amide bonds. The number of ether oxygens (including phenoxy) is 1. The highest BCUT2D eigenvalue weighted by Crippen LogP contribution is 2.32. The van der Waals surface area contributed by atoms with Crippen molar-refractivity contribution in [3.8, 4) is 0 Å². The van der Waals surface area contributed by atoms with E-state index in [1.165, 1.54) is 5.69 Å². The van der Waals surface area contributed by atoms with Gasteiger partial charge in [-0.1, -0.05) is 20.8 Å². The van der Waals surface area contributed by atoms with Gasteiger partial charge in [0.1, 0.15) is 0 Å². The van der Waals surface area contributed by atoms with Crippen molar-refractivity contribution in [3.63, 3.8) is 0 Å². The lowest BCUT2D eigenvalue weighted by molar-refractivity contribution is -0.123. The van der Waals surface area contributed by atoms with Gasteiger partial charge in [-0.3, -0.25) is 9.78 Å². The first-order valence-corrected chi connectivity index (χ1v) is 9.37. The number of amides is 1. The van der Waals surface area contributed by atoms with Gasteiger partial charge in [-0.2, -0.15) is 0 Å². The number of halogens is 1. The van der Waals surface area contributed by atoms with Crippen LogP contribution in [0.3, 0.4) is 0 Å². The van der Waals surface area contributed by atoms with Crippen molar-refractivity contribution in [2.45, 2.75) is 47.1 Å². The molecule has 2 aromatic rings. The molecule has 5 nitrogen and oxygen atoms in total. The Bertz CT molecular complexity index is 817. The van der Waals surface area contributed by atoms with E-state index in [-0.39, 0.29) is 18.3 Å². The molecule has 6 heteroatoms. The largest absolute Gasteiger partial charge is 0.377 e. The number of hydrogen-bond donors (Lipinski definition) is 1. The summed E-state index contributed by atoms with van der Waals surface area (Å²) in [6.45, 7) is 12.4. The third-order valence-electron chi connectivity index (χ3n) is 4.74. The van der Waals surface area contributed by atoms with Gasteiger partial charge in [0, 0.05) is 47.6 Å². The van der Waals surface area contributed by atoms with Crippen LogP contribution < -0.4 is 10.2 Å². The molecule has 1 aliphatic rings. The lowest BCUT2D eigenvalue weighted by Crippen LogP contribution is -2.27. The smallest absolute Gasteiger partial charge is 0.229 e. The third-order valence-corrected chi connectivity index (χ3v) is 4.74. The van der Waals surface area contributed by atoms with Gasteiger partial charge >= 0.3 is 0 Å². The van der Waals surface area contributed by atoms with Crippen molar-refractivity contribution < 1.29 is 9.53 Å². The number of nitrogens with one attached hydrogen (secondary N) is 1. The summed E-state index contributed by atoms with van der Waals surface area (Å²) in [5.41, 5.74) is 3.45. The fourth-order valence-corrected chi connectivity index (χ4v) is 3.32. The standard InChI is InChI=1S/C21H29N3O2.ClH/c1-6-26-16-9-10-24(13-16)19-11-14(2)22-18-12-15(7-8-17(18)19)23-20(25)21(3,4)5;/h7-8,11-12,16H,6,9-10,13H2,1-5H3,(H,23,25);1H. The lowest BCUT2D eigenvalue weighted by Gasteiger charge is -2.22. The van der Waals surface area contributed by atoms with Gasteiger partial charge in [0.05, 0.1) is 11.6 Å². The number of fused-ring (bicyclic) bond motifs is 1. The maximum Gasteiger partial charge on any atom is 0.229 e. The topological polar surface area (TPSA) is 54.5 Å². The van der Waals surface area contributed by atoms with Crippen molar-refractivity contribution in [2.75, 3.05) is 29.9 Å². The Balaban J connectivity index is 0.00000261. The van der Waals surface area contributed by atoms with Crippen LogP contribution in [0, 0.1) is 12.3 Å². The number of aromatic nitrogens is 1. The van der Waals surface area contributed by atoms with Crippen LogP contribution in [-0.4, -0.2) is 36.7 Å². The molecule has 3 rings (SSSR count). The second-order valence-electron chi connectivity index (χ2n) is 8.03. The van der Waals surface area contributed by atoms with Crippen molar-refractivity contribution in [1.29, 1.82) is 0 Å². The molecule has 1 aliphatic heterocycles. The van der Waals surface area contributed by atoms with E-state index in [0.29, 0.717) is 6.10 Å². The predicted octanol–water partition coefficient (Wildman–Crippen LogP) is 4.56. The number of aryl methyl sites for hydroxylation is 1. The maximum absolute atomic E-state index is 12.3. The van der Waals surface area contributed by atoms with E-state index in [1.54, 1.807) is 0 Å². The zero-order chi connectivity index (χ0) is 18.9. The molecule has 1 N–H and O–H groups in total. The summed E-state index contributed by atoms with van der Waals surface area (Å²) in [6, 6.07) is 8.13. The Morgan fingerprint density at radius 1 is 1.33 bits per heavy atom. The molecule has 1 fully saturated rings. The molecule has 0 bridgehead atoms. The molecular formula is C21H30ClN3O2. The minimum Gasteiger partial charge on any atom is -0.377 e. The van der Waals surface area contributed by atoms with Crippen LogP contribution in [-0.2, 0) is 9.53 Å². The molecule has 0 radical (unpaired) electrons. The molecule has 0 aliphatic carbocycles. The zero-order valence-corrected chi connectivity index (χ0v) is 17.7. The molecule has 148 valence electrons. The average Bonchev–Trinajstić information content (AvgIpc) is 3.01. The molecule has 1 aromatic heterocycles. The van der Waals surface area contributed by atoms with Gasteiger partial charge in [0.15, 0.2) is 0 Å². The fourth-order valence-electron chi connectivity index (χ4n) is 3.32. The van der Waals surface area contributed by atoms with Crippen LogP contribution in [0.5, 0.6) is 0 Å². The van der Waals surface area contributed by atoms with Gasteiger partial charge in [0.2, 0.25) is 5.91 Å². The van der Waals surface area contributed by atoms with Crippen LogP contribution in [0.15, 0.2) is 24.3 Å². The Kier molecular flexibility index (Phi) is 6.71. The van der Waals surface area contributed by atoms with Crippen LogP contribution >= 0.6 is 12.4 Å². The number of rotatable bonds is 4. The second kappa shape index (κ2) is 8.44. The van der Waals surface area contributed by atoms with Gasteiger partial charge in [0.25, 0.3) is 0 Å². The van der Waals surface area contributed by atoms with E-state index >= 15 is 0 Å². The molecular weight excluding hydrogens is 362 g/mol. The van der Waals surface area contributed by atoms with Gasteiger partial charge < -0.3 is 15.0 Å². The molecule has 1 atom stereocenters. The highest BCUT2D eigenvalue weighted by molar-refractivity contribution is 5.99. The van der Waals surface area contributed by atoms with E-state index in [4.69, 9.17) is 4.74 Å². The van der Waals surface area contributed by atoms with E-state index in [1.807, 2.05) is 46.8 Å². The van der Waals surface area contributed by atoms with Crippen molar-refractivity contribution in [2.24, 2.45) is 5.41 Å². The van der Waals surface area contributed by atoms with Gasteiger partial charge in [-0.25, -0.2) is 0 Å². The molecule has 0 spiro atoms. The molecule has 1 aromatic carbocycles.